The Bertz CT molecular complexity index is 1190. The van der Waals surface area contributed by atoms with Crippen LogP contribution in [0, 0.1) is 5.92 Å². The highest BCUT2D eigenvalue weighted by Crippen LogP contribution is 2.37. The van der Waals surface area contributed by atoms with Gasteiger partial charge in [0.15, 0.2) is 11.4 Å². The van der Waals surface area contributed by atoms with Crippen molar-refractivity contribution >= 4 is 30.1 Å². The molecule has 30 heavy (non-hydrogen) atoms. The highest BCUT2D eigenvalue weighted by Gasteiger charge is 2.52. The molecule has 0 unspecified atom stereocenters. The van der Waals surface area contributed by atoms with Crippen molar-refractivity contribution in [3.8, 4) is 16.3 Å². The molecule has 4 heterocycles. The second-order valence-electron chi connectivity index (χ2n) is 7.97. The van der Waals surface area contributed by atoms with E-state index in [0.717, 1.165) is 16.2 Å². The lowest BCUT2D eigenvalue weighted by molar-refractivity contribution is -0.360. The summed E-state index contributed by atoms with van der Waals surface area (Å²) in [4.78, 5) is 0.833. The molecule has 0 bridgehead atoms. The van der Waals surface area contributed by atoms with Crippen LogP contribution in [0.5, 0.6) is 5.75 Å². The number of hydrogen-bond donors (Lipinski definition) is 0. The van der Waals surface area contributed by atoms with Gasteiger partial charge >= 0.3 is 6.97 Å². The molecule has 0 fully saturated rings. The van der Waals surface area contributed by atoms with E-state index in [-0.39, 0.29) is 0 Å². The highest BCUT2D eigenvalue weighted by molar-refractivity contribution is 7.13. The number of ether oxygens (including phenoxy) is 1. The predicted octanol–water partition coefficient (Wildman–Crippen LogP) is 5.90. The van der Waals surface area contributed by atoms with E-state index >= 15 is 8.63 Å². The van der Waals surface area contributed by atoms with Crippen LogP contribution in [-0.4, -0.2) is 28.3 Å². The number of rotatable bonds is 5. The van der Waals surface area contributed by atoms with Crippen LogP contribution in [0.2, 0.25) is 0 Å². The molecule has 1 aromatic carbocycles. The number of allylic oxidation sites excluding steroid dienone is 2. The summed E-state index contributed by atoms with van der Waals surface area (Å²) >= 11 is 1.47. The summed E-state index contributed by atoms with van der Waals surface area (Å²) < 4.78 is 39.9. The van der Waals surface area contributed by atoms with Crippen LogP contribution < -0.4 is 4.74 Å². The maximum atomic E-state index is 15.9. The van der Waals surface area contributed by atoms with Gasteiger partial charge in [0.25, 0.3) is 0 Å². The van der Waals surface area contributed by atoms with Crippen LogP contribution in [0.25, 0.3) is 16.6 Å². The van der Waals surface area contributed by atoms with Gasteiger partial charge in [0.2, 0.25) is 0 Å². The van der Waals surface area contributed by atoms with E-state index in [4.69, 9.17) is 4.74 Å². The van der Waals surface area contributed by atoms with Crippen molar-refractivity contribution in [1.82, 2.24) is 4.48 Å². The van der Waals surface area contributed by atoms with Crippen LogP contribution in [-0.2, 0) is 0 Å². The Balaban J connectivity index is 1.57. The van der Waals surface area contributed by atoms with E-state index in [2.05, 4.69) is 13.8 Å². The molecule has 5 rings (SSSR count). The molecular formula is C23H21BF2N2OS. The molecule has 0 amide bonds. The Morgan fingerprint density at radius 1 is 1.07 bits per heavy atom. The van der Waals surface area contributed by atoms with Crippen LogP contribution in [0.15, 0.2) is 71.8 Å². The number of thiophene rings is 1. The Morgan fingerprint density at radius 2 is 1.87 bits per heavy atom. The van der Waals surface area contributed by atoms with Gasteiger partial charge in [-0.1, -0.05) is 19.9 Å². The number of benzene rings is 1. The van der Waals surface area contributed by atoms with Crippen molar-refractivity contribution in [3.63, 3.8) is 0 Å². The molecule has 2 aliphatic heterocycles. The molecule has 7 heteroatoms. The number of hydrogen-bond acceptors (Lipinski definition) is 2. The third kappa shape index (κ3) is 3.05. The quantitative estimate of drug-likeness (QED) is 0.468. The molecule has 0 spiro atoms. The highest BCUT2D eigenvalue weighted by atomic mass is 32.1. The van der Waals surface area contributed by atoms with Crippen LogP contribution in [0.1, 0.15) is 25.1 Å². The van der Waals surface area contributed by atoms with Crippen molar-refractivity contribution < 1.29 is 17.9 Å². The van der Waals surface area contributed by atoms with E-state index in [1.807, 2.05) is 47.9 Å². The zero-order chi connectivity index (χ0) is 20.9. The zero-order valence-electron chi connectivity index (χ0n) is 16.8. The Kier molecular flexibility index (Phi) is 4.51. The second kappa shape index (κ2) is 7.09. The minimum atomic E-state index is -4.04. The predicted molar refractivity (Wildman–Crippen MR) is 119 cm³/mol. The van der Waals surface area contributed by atoms with Gasteiger partial charge in [-0.3, -0.25) is 0 Å². The largest absolute Gasteiger partial charge is 0.737 e. The van der Waals surface area contributed by atoms with Gasteiger partial charge in [-0.2, -0.15) is 0 Å². The molecule has 0 saturated heterocycles. The summed E-state index contributed by atoms with van der Waals surface area (Å²) in [6.45, 7) is 0.758. The molecule has 2 aromatic heterocycles. The van der Waals surface area contributed by atoms with Crippen LogP contribution in [0.4, 0.5) is 8.63 Å². The first-order chi connectivity index (χ1) is 14.4. The van der Waals surface area contributed by atoms with Gasteiger partial charge < -0.3 is 22.3 Å². The van der Waals surface area contributed by atoms with Gasteiger partial charge in [0.05, 0.1) is 6.61 Å². The Hall–Kier alpha value is -2.93. The first-order valence-corrected chi connectivity index (χ1v) is 10.9. The Labute approximate surface area is 178 Å². The number of fused-ring (bicyclic) bond motifs is 2. The van der Waals surface area contributed by atoms with Crippen LogP contribution >= 0.6 is 11.3 Å². The average molecular weight is 422 g/mol. The minimum absolute atomic E-state index is 0.424. The number of nitrogens with zero attached hydrogens (tertiary/aromatic N) is 2. The van der Waals surface area contributed by atoms with Crippen molar-refractivity contribution in [2.75, 3.05) is 6.61 Å². The summed E-state index contributed by atoms with van der Waals surface area (Å²) in [5, 5.41) is 1.91. The Morgan fingerprint density at radius 3 is 2.57 bits per heavy atom. The first kappa shape index (κ1) is 19.1. The summed E-state index contributed by atoms with van der Waals surface area (Å²) in [6.07, 6.45) is 5.35. The smallest absolute Gasteiger partial charge is 0.493 e. The fraction of sp³-hybridized carbons (Fsp3) is 0.174. The summed E-state index contributed by atoms with van der Waals surface area (Å²) in [5.74, 6) is 1.17. The van der Waals surface area contributed by atoms with E-state index < -0.39 is 6.97 Å². The van der Waals surface area contributed by atoms with Gasteiger partial charge in [-0.05, 0) is 53.8 Å². The third-order valence-corrected chi connectivity index (χ3v) is 6.22. The van der Waals surface area contributed by atoms with Crippen molar-refractivity contribution in [3.05, 3.63) is 83.0 Å². The molecule has 2 aliphatic rings. The monoisotopic (exact) mass is 422 g/mol. The van der Waals surface area contributed by atoms with Crippen molar-refractivity contribution in [2.45, 2.75) is 13.8 Å². The molecule has 0 aliphatic carbocycles. The van der Waals surface area contributed by atoms with Gasteiger partial charge in [-0.15, -0.1) is 11.3 Å². The van der Waals surface area contributed by atoms with Crippen molar-refractivity contribution in [1.29, 1.82) is 0 Å². The normalized spacial score (nSPS) is 16.6. The van der Waals surface area contributed by atoms with E-state index in [9.17, 15) is 0 Å². The SMILES string of the molecule is CC(C)COc1ccc(C2=[N+]3C(=Cc4ccc(-c5cccs5)n4[B-]3(F)F)C=C2)cc1. The van der Waals surface area contributed by atoms with E-state index in [0.29, 0.717) is 35.3 Å². The fourth-order valence-corrected chi connectivity index (χ4v) is 4.72. The standard InChI is InChI=1S/C23H21BF2N2OS/c1-16(2)15-29-20-9-5-17(6-10-20)21-11-7-18-14-19-8-12-22(23-4-3-13-30-23)28(19)24(25,26)27(18)21/h3-14,16H,15H2,1-2H3. The summed E-state index contributed by atoms with van der Waals surface area (Å²) in [5.41, 5.74) is 2.82. The molecule has 152 valence electrons. The lowest BCUT2D eigenvalue weighted by Gasteiger charge is -2.30. The number of aromatic nitrogens is 1. The maximum Gasteiger partial charge on any atom is 0.737 e. The van der Waals surface area contributed by atoms with E-state index in [1.54, 1.807) is 24.3 Å². The van der Waals surface area contributed by atoms with Crippen LogP contribution in [0.3, 0.4) is 0 Å². The average Bonchev–Trinajstić information content (AvgIpc) is 3.46. The molecule has 0 atom stereocenters. The molecule has 0 radical (unpaired) electrons. The fourth-order valence-electron chi connectivity index (χ4n) is 3.97. The minimum Gasteiger partial charge on any atom is -0.493 e. The van der Waals surface area contributed by atoms with E-state index in [1.165, 1.54) is 20.3 Å². The topological polar surface area (TPSA) is 17.2 Å². The van der Waals surface area contributed by atoms with Gasteiger partial charge in [-0.25, -0.2) is 0 Å². The molecule has 0 saturated carbocycles. The lowest BCUT2D eigenvalue weighted by Crippen LogP contribution is -2.50. The molecule has 3 nitrogen and oxygen atoms in total. The maximum absolute atomic E-state index is 15.9. The zero-order valence-corrected chi connectivity index (χ0v) is 17.6. The van der Waals surface area contributed by atoms with Gasteiger partial charge in [0.1, 0.15) is 5.75 Å². The molecule has 3 aromatic rings. The number of halogens is 2. The third-order valence-electron chi connectivity index (χ3n) is 5.32. The lowest BCUT2D eigenvalue weighted by atomic mass is 9.90. The molecular weight excluding hydrogens is 401 g/mol. The second-order valence-corrected chi connectivity index (χ2v) is 8.91. The summed E-state index contributed by atoms with van der Waals surface area (Å²) in [6, 6.07) is 14.7. The van der Waals surface area contributed by atoms with Crippen molar-refractivity contribution in [2.24, 2.45) is 5.92 Å². The molecule has 0 N–H and O–H groups in total. The first-order valence-electron chi connectivity index (χ1n) is 10.0. The van der Waals surface area contributed by atoms with Gasteiger partial charge in [0, 0.05) is 40.1 Å². The summed E-state index contributed by atoms with van der Waals surface area (Å²) in [7, 11) is 0.